The van der Waals surface area contributed by atoms with E-state index in [0.29, 0.717) is 16.5 Å². The number of aromatic nitrogens is 1. The SMILES string of the molecule is Cc1ccc2c(O)c(C(=O)c3ccccc3)c(=O)[nH]c2c1. The number of pyridine rings is 1. The Kier molecular flexibility index (Phi) is 3.06. The summed E-state index contributed by atoms with van der Waals surface area (Å²) in [6.07, 6.45) is 0. The number of aryl methyl sites for hydroxylation is 1. The molecule has 4 heteroatoms. The first-order valence-corrected chi connectivity index (χ1v) is 6.53. The maximum atomic E-state index is 12.4. The van der Waals surface area contributed by atoms with Crippen LogP contribution < -0.4 is 5.56 Å². The van der Waals surface area contributed by atoms with Crippen LogP contribution in [0.15, 0.2) is 53.3 Å². The van der Waals surface area contributed by atoms with Gasteiger partial charge in [0, 0.05) is 10.9 Å². The smallest absolute Gasteiger partial charge is 0.263 e. The second-order valence-electron chi connectivity index (χ2n) is 4.92. The van der Waals surface area contributed by atoms with Gasteiger partial charge in [-0.3, -0.25) is 9.59 Å². The Balaban J connectivity index is 2.27. The molecular formula is C17H13NO3. The minimum absolute atomic E-state index is 0.224. The maximum Gasteiger partial charge on any atom is 0.263 e. The van der Waals surface area contributed by atoms with Crippen LogP contribution in [0.2, 0.25) is 0 Å². The third kappa shape index (κ3) is 2.21. The highest BCUT2D eigenvalue weighted by molar-refractivity contribution is 6.12. The van der Waals surface area contributed by atoms with Crippen LogP contribution in [-0.4, -0.2) is 15.9 Å². The van der Waals surface area contributed by atoms with Crippen LogP contribution in [0, 0.1) is 6.92 Å². The first kappa shape index (κ1) is 13.1. The van der Waals surface area contributed by atoms with Gasteiger partial charge < -0.3 is 10.1 Å². The van der Waals surface area contributed by atoms with Gasteiger partial charge in [0.15, 0.2) is 0 Å². The van der Waals surface area contributed by atoms with Crippen LogP contribution in [0.4, 0.5) is 0 Å². The summed E-state index contributed by atoms with van der Waals surface area (Å²) in [6.45, 7) is 1.89. The first-order chi connectivity index (χ1) is 10.1. The van der Waals surface area contributed by atoms with Crippen molar-refractivity contribution in [2.45, 2.75) is 6.92 Å². The van der Waals surface area contributed by atoms with Gasteiger partial charge in [0.25, 0.3) is 5.56 Å². The number of fused-ring (bicyclic) bond motifs is 1. The molecule has 104 valence electrons. The summed E-state index contributed by atoms with van der Waals surface area (Å²) in [6, 6.07) is 13.7. The molecule has 3 rings (SSSR count). The first-order valence-electron chi connectivity index (χ1n) is 6.53. The van der Waals surface area contributed by atoms with Gasteiger partial charge in [-0.15, -0.1) is 0 Å². The quantitative estimate of drug-likeness (QED) is 0.709. The third-order valence-corrected chi connectivity index (χ3v) is 3.41. The number of benzene rings is 2. The molecule has 0 bridgehead atoms. The van der Waals surface area contributed by atoms with Gasteiger partial charge in [-0.2, -0.15) is 0 Å². The molecule has 1 heterocycles. The molecule has 0 spiro atoms. The van der Waals surface area contributed by atoms with E-state index in [1.807, 2.05) is 13.0 Å². The number of hydrogen-bond donors (Lipinski definition) is 2. The molecule has 0 amide bonds. The highest BCUT2D eigenvalue weighted by Crippen LogP contribution is 2.26. The Hall–Kier alpha value is -2.88. The van der Waals surface area contributed by atoms with E-state index in [4.69, 9.17) is 0 Å². The van der Waals surface area contributed by atoms with E-state index in [0.717, 1.165) is 5.56 Å². The number of H-pyrrole nitrogens is 1. The molecule has 3 aromatic rings. The molecular weight excluding hydrogens is 266 g/mol. The van der Waals surface area contributed by atoms with E-state index < -0.39 is 11.3 Å². The van der Waals surface area contributed by atoms with Gasteiger partial charge in [-0.25, -0.2) is 0 Å². The van der Waals surface area contributed by atoms with Crippen molar-refractivity contribution < 1.29 is 9.90 Å². The monoisotopic (exact) mass is 279 g/mol. The number of carbonyl (C=O) groups excluding carboxylic acids is 1. The zero-order valence-electron chi connectivity index (χ0n) is 11.4. The largest absolute Gasteiger partial charge is 0.506 e. The molecule has 0 unspecified atom stereocenters. The minimum Gasteiger partial charge on any atom is -0.506 e. The Bertz CT molecular complexity index is 895. The van der Waals surface area contributed by atoms with Crippen LogP contribution in [0.1, 0.15) is 21.5 Å². The van der Waals surface area contributed by atoms with Crippen molar-refractivity contribution in [3.8, 4) is 5.75 Å². The van der Waals surface area contributed by atoms with E-state index in [9.17, 15) is 14.7 Å². The van der Waals surface area contributed by atoms with Gasteiger partial charge in [0.2, 0.25) is 5.78 Å². The van der Waals surface area contributed by atoms with Crippen molar-refractivity contribution >= 4 is 16.7 Å². The normalized spacial score (nSPS) is 10.7. The van der Waals surface area contributed by atoms with Crippen LogP contribution >= 0.6 is 0 Å². The lowest BCUT2D eigenvalue weighted by molar-refractivity contribution is 0.103. The number of hydrogen-bond acceptors (Lipinski definition) is 3. The molecule has 0 radical (unpaired) electrons. The third-order valence-electron chi connectivity index (χ3n) is 3.41. The van der Waals surface area contributed by atoms with Crippen molar-refractivity contribution in [1.29, 1.82) is 0 Å². The summed E-state index contributed by atoms with van der Waals surface area (Å²) < 4.78 is 0. The van der Waals surface area contributed by atoms with E-state index in [1.165, 1.54) is 0 Å². The van der Waals surface area contributed by atoms with E-state index in [-0.39, 0.29) is 11.3 Å². The maximum absolute atomic E-state index is 12.4. The number of aromatic hydroxyl groups is 1. The lowest BCUT2D eigenvalue weighted by Gasteiger charge is -2.07. The van der Waals surface area contributed by atoms with Crippen molar-refractivity contribution in [1.82, 2.24) is 4.98 Å². The van der Waals surface area contributed by atoms with Gasteiger partial charge in [-0.05, 0) is 24.6 Å². The van der Waals surface area contributed by atoms with E-state index >= 15 is 0 Å². The van der Waals surface area contributed by atoms with Crippen LogP contribution in [0.25, 0.3) is 10.9 Å². The molecule has 2 N–H and O–H groups in total. The number of ketones is 1. The molecule has 0 aliphatic rings. The zero-order chi connectivity index (χ0) is 15.0. The number of aromatic amines is 1. The molecule has 1 aromatic heterocycles. The highest BCUT2D eigenvalue weighted by atomic mass is 16.3. The average Bonchev–Trinajstić information content (AvgIpc) is 2.47. The molecule has 0 fully saturated rings. The molecule has 0 aliphatic carbocycles. The van der Waals surface area contributed by atoms with Crippen molar-refractivity contribution in [3.63, 3.8) is 0 Å². The summed E-state index contributed by atoms with van der Waals surface area (Å²) in [4.78, 5) is 27.2. The Labute approximate surface area is 120 Å². The molecule has 0 saturated carbocycles. The van der Waals surface area contributed by atoms with E-state index in [2.05, 4.69) is 4.98 Å². The second kappa shape index (κ2) is 4.90. The fourth-order valence-corrected chi connectivity index (χ4v) is 2.34. The Morgan fingerprint density at radius 2 is 1.81 bits per heavy atom. The van der Waals surface area contributed by atoms with Crippen LogP contribution in [-0.2, 0) is 0 Å². The lowest BCUT2D eigenvalue weighted by atomic mass is 10.0. The lowest BCUT2D eigenvalue weighted by Crippen LogP contribution is -2.18. The number of carbonyl (C=O) groups is 1. The molecule has 0 saturated heterocycles. The van der Waals surface area contributed by atoms with Crippen molar-refractivity contribution in [3.05, 3.63) is 75.6 Å². The average molecular weight is 279 g/mol. The highest BCUT2D eigenvalue weighted by Gasteiger charge is 2.20. The van der Waals surface area contributed by atoms with Gasteiger partial charge in [-0.1, -0.05) is 36.4 Å². The molecule has 2 aromatic carbocycles. The predicted octanol–water partition coefficient (Wildman–Crippen LogP) is 2.77. The molecule has 0 aliphatic heterocycles. The van der Waals surface area contributed by atoms with Gasteiger partial charge in [0.05, 0.1) is 5.52 Å². The summed E-state index contributed by atoms with van der Waals surface area (Å²) in [5, 5.41) is 10.8. The molecule has 21 heavy (non-hydrogen) atoms. The van der Waals surface area contributed by atoms with Gasteiger partial charge in [0.1, 0.15) is 11.3 Å². The Morgan fingerprint density at radius 1 is 1.10 bits per heavy atom. The second-order valence-corrected chi connectivity index (χ2v) is 4.92. The topological polar surface area (TPSA) is 70.2 Å². The van der Waals surface area contributed by atoms with Gasteiger partial charge >= 0.3 is 0 Å². The standard InChI is InChI=1S/C17H13NO3/c1-10-7-8-12-13(9-10)18-17(21)14(16(12)20)15(19)11-5-3-2-4-6-11/h2-9H,1H3,(H2,18,20,21). The van der Waals surface area contributed by atoms with Crippen molar-refractivity contribution in [2.24, 2.45) is 0 Å². The fraction of sp³-hybridized carbons (Fsp3) is 0.0588. The van der Waals surface area contributed by atoms with E-state index in [1.54, 1.807) is 42.5 Å². The predicted molar refractivity (Wildman–Crippen MR) is 80.8 cm³/mol. The zero-order valence-corrected chi connectivity index (χ0v) is 11.4. The number of rotatable bonds is 2. The summed E-state index contributed by atoms with van der Waals surface area (Å²) in [7, 11) is 0. The van der Waals surface area contributed by atoms with Crippen molar-refractivity contribution in [2.75, 3.05) is 0 Å². The fourth-order valence-electron chi connectivity index (χ4n) is 2.34. The number of nitrogens with one attached hydrogen (secondary N) is 1. The van der Waals surface area contributed by atoms with Crippen LogP contribution in [0.5, 0.6) is 5.75 Å². The van der Waals surface area contributed by atoms with Crippen LogP contribution in [0.3, 0.4) is 0 Å². The molecule has 0 atom stereocenters. The summed E-state index contributed by atoms with van der Waals surface area (Å²) >= 11 is 0. The Morgan fingerprint density at radius 3 is 2.52 bits per heavy atom. The minimum atomic E-state index is -0.584. The summed E-state index contributed by atoms with van der Waals surface area (Å²) in [5.41, 5.74) is 1.03. The molecule has 4 nitrogen and oxygen atoms in total. The summed E-state index contributed by atoms with van der Waals surface area (Å²) in [5.74, 6) is -0.764.